The van der Waals surface area contributed by atoms with E-state index in [1.54, 1.807) is 23.6 Å². The molecule has 1 aromatic heterocycles. The highest BCUT2D eigenvalue weighted by Gasteiger charge is 2.29. The average Bonchev–Trinajstić information content (AvgIpc) is 3.16. The van der Waals surface area contributed by atoms with Crippen LogP contribution in [0, 0.1) is 5.82 Å². The maximum absolute atomic E-state index is 13.4. The van der Waals surface area contributed by atoms with Crippen molar-refractivity contribution in [3.63, 3.8) is 0 Å². The van der Waals surface area contributed by atoms with Crippen LogP contribution in [0.3, 0.4) is 0 Å². The molecule has 0 aliphatic carbocycles. The molecule has 0 saturated carbocycles. The van der Waals surface area contributed by atoms with E-state index in [1.807, 2.05) is 37.3 Å². The van der Waals surface area contributed by atoms with E-state index in [2.05, 4.69) is 10.2 Å². The Kier molecular flexibility index (Phi) is 6.77. The summed E-state index contributed by atoms with van der Waals surface area (Å²) in [5.74, 6) is -1.28. The Labute approximate surface area is 172 Å². The number of nitrogens with zero attached hydrogens (tertiary/aromatic N) is 3. The normalized spacial score (nSPS) is 11.8. The van der Waals surface area contributed by atoms with E-state index in [0.29, 0.717) is 23.1 Å². The second-order valence-electron chi connectivity index (χ2n) is 6.08. The number of esters is 1. The number of ketones is 1. The monoisotopic (exact) mass is 413 g/mol. The molecule has 0 spiro atoms. The second kappa shape index (κ2) is 9.47. The first-order valence-electron chi connectivity index (χ1n) is 9.19. The zero-order valence-electron chi connectivity index (χ0n) is 16.0. The predicted octanol–water partition coefficient (Wildman–Crippen LogP) is 4.08. The van der Waals surface area contributed by atoms with E-state index < -0.39 is 17.0 Å². The number of halogens is 1. The van der Waals surface area contributed by atoms with Crippen molar-refractivity contribution < 1.29 is 18.7 Å². The fourth-order valence-electron chi connectivity index (χ4n) is 2.73. The van der Waals surface area contributed by atoms with Gasteiger partial charge >= 0.3 is 5.97 Å². The maximum Gasteiger partial charge on any atom is 0.375 e. The predicted molar refractivity (Wildman–Crippen MR) is 108 cm³/mol. The third-order valence-corrected chi connectivity index (χ3v) is 5.44. The molecule has 6 nitrogen and oxygen atoms in total. The summed E-state index contributed by atoms with van der Waals surface area (Å²) in [6.07, 6.45) is 0.416. The van der Waals surface area contributed by atoms with Crippen molar-refractivity contribution in [1.82, 2.24) is 14.8 Å². The van der Waals surface area contributed by atoms with Gasteiger partial charge in [0, 0.05) is 11.3 Å². The molecule has 0 fully saturated rings. The summed E-state index contributed by atoms with van der Waals surface area (Å²) in [4.78, 5) is 24.3. The number of Topliss-reactive ketones (excluding diaryl/α,β-unsaturated/α-hetero) is 1. The first-order chi connectivity index (χ1) is 14.0. The lowest BCUT2D eigenvalue weighted by atomic mass is 10.2. The van der Waals surface area contributed by atoms with Crippen LogP contribution in [-0.4, -0.2) is 38.4 Å². The van der Waals surface area contributed by atoms with Crippen molar-refractivity contribution >= 4 is 23.5 Å². The molecule has 29 heavy (non-hydrogen) atoms. The van der Waals surface area contributed by atoms with Crippen LogP contribution in [0.4, 0.5) is 4.39 Å². The van der Waals surface area contributed by atoms with Gasteiger partial charge in [0.05, 0.1) is 11.9 Å². The number of hydrogen-bond donors (Lipinski definition) is 0. The van der Waals surface area contributed by atoms with Gasteiger partial charge in [0.25, 0.3) is 5.78 Å². The van der Waals surface area contributed by atoms with E-state index in [-0.39, 0.29) is 12.4 Å². The summed E-state index contributed by atoms with van der Waals surface area (Å²) in [6, 6.07) is 15.4. The highest BCUT2D eigenvalue weighted by Crippen LogP contribution is 2.31. The van der Waals surface area contributed by atoms with E-state index in [1.165, 1.54) is 12.1 Å². The maximum atomic E-state index is 13.4. The highest BCUT2D eigenvalue weighted by atomic mass is 32.2. The number of aromatic nitrogens is 3. The third kappa shape index (κ3) is 4.71. The zero-order chi connectivity index (χ0) is 20.8. The second-order valence-corrected chi connectivity index (χ2v) is 7.25. The van der Waals surface area contributed by atoms with Crippen LogP contribution in [0.5, 0.6) is 0 Å². The number of rotatable bonds is 8. The van der Waals surface area contributed by atoms with Crippen LogP contribution in [-0.2, 0) is 14.3 Å². The Morgan fingerprint density at radius 1 is 1.07 bits per heavy atom. The first-order valence-corrected chi connectivity index (χ1v) is 10.1. The minimum Gasteiger partial charge on any atom is -0.460 e. The van der Waals surface area contributed by atoms with E-state index in [9.17, 15) is 14.0 Å². The molecule has 1 unspecified atom stereocenters. The Balaban J connectivity index is 2.02. The molecule has 0 aliphatic heterocycles. The van der Waals surface area contributed by atoms with Crippen molar-refractivity contribution in [2.75, 3.05) is 6.61 Å². The first kappa shape index (κ1) is 20.7. The van der Waals surface area contributed by atoms with Crippen LogP contribution >= 0.6 is 11.8 Å². The summed E-state index contributed by atoms with van der Waals surface area (Å²) in [7, 11) is 0. The summed E-state index contributed by atoms with van der Waals surface area (Å²) in [6.45, 7) is 3.59. The minimum atomic E-state index is -0.858. The summed E-state index contributed by atoms with van der Waals surface area (Å²) < 4.78 is 20.0. The van der Waals surface area contributed by atoms with Gasteiger partial charge in [0.15, 0.2) is 11.0 Å². The van der Waals surface area contributed by atoms with Crippen molar-refractivity contribution in [2.45, 2.75) is 30.7 Å². The molecule has 0 N–H and O–H groups in total. The molecular weight excluding hydrogens is 393 g/mol. The summed E-state index contributed by atoms with van der Waals surface area (Å²) in [5, 5.41) is 8.29. The van der Waals surface area contributed by atoms with Gasteiger partial charge in [-0.05, 0) is 37.6 Å². The lowest BCUT2D eigenvalue weighted by Crippen LogP contribution is -2.27. The molecule has 0 radical (unpaired) electrons. The Bertz CT molecular complexity index is 990. The lowest BCUT2D eigenvalue weighted by molar-refractivity contribution is -0.153. The summed E-state index contributed by atoms with van der Waals surface area (Å²) >= 11 is 1.14. The molecule has 3 rings (SSSR count). The molecule has 2 aromatic carbocycles. The van der Waals surface area contributed by atoms with Crippen LogP contribution in [0.1, 0.15) is 20.3 Å². The number of carbonyl (C=O) groups is 2. The Hall–Kier alpha value is -3.00. The van der Waals surface area contributed by atoms with Gasteiger partial charge in [-0.2, -0.15) is 0 Å². The molecular formula is C21H20FN3O3S. The van der Waals surface area contributed by atoms with Gasteiger partial charge in [-0.15, -0.1) is 10.2 Å². The molecule has 0 aliphatic rings. The Morgan fingerprint density at radius 3 is 2.38 bits per heavy atom. The van der Waals surface area contributed by atoms with Crippen LogP contribution in [0.15, 0.2) is 59.8 Å². The topological polar surface area (TPSA) is 74.1 Å². The smallest absolute Gasteiger partial charge is 0.375 e. The Morgan fingerprint density at radius 2 is 1.76 bits per heavy atom. The molecule has 0 bridgehead atoms. The van der Waals surface area contributed by atoms with Crippen LogP contribution in [0.25, 0.3) is 17.1 Å². The standard InChI is InChI=1S/C21H20FN3O3S/c1-3-17(18(26)20(27)28-4-2)29-21-24-23-19(14-8-6-5-7-9-14)25(21)16-12-10-15(22)11-13-16/h5-13,17H,3-4H2,1-2H3. The van der Waals surface area contributed by atoms with Gasteiger partial charge in [0.1, 0.15) is 5.82 Å². The van der Waals surface area contributed by atoms with Crippen molar-refractivity contribution in [1.29, 1.82) is 0 Å². The number of benzene rings is 2. The largest absolute Gasteiger partial charge is 0.460 e. The zero-order valence-corrected chi connectivity index (χ0v) is 16.9. The van der Waals surface area contributed by atoms with Crippen molar-refractivity contribution in [3.05, 3.63) is 60.4 Å². The molecule has 0 amide bonds. The van der Waals surface area contributed by atoms with Crippen molar-refractivity contribution in [3.8, 4) is 17.1 Å². The number of carbonyl (C=O) groups excluding carboxylic acids is 2. The lowest BCUT2D eigenvalue weighted by Gasteiger charge is -2.14. The van der Waals surface area contributed by atoms with Gasteiger partial charge in [-0.25, -0.2) is 9.18 Å². The highest BCUT2D eigenvalue weighted by molar-refractivity contribution is 8.00. The van der Waals surface area contributed by atoms with Gasteiger partial charge < -0.3 is 4.74 Å². The quantitative estimate of drug-likeness (QED) is 0.315. The molecule has 150 valence electrons. The SMILES string of the molecule is CCOC(=O)C(=O)C(CC)Sc1nnc(-c2ccccc2)n1-c1ccc(F)cc1. The fourth-order valence-corrected chi connectivity index (χ4v) is 3.74. The van der Waals surface area contributed by atoms with Gasteiger partial charge in [-0.3, -0.25) is 9.36 Å². The third-order valence-electron chi connectivity index (χ3n) is 4.14. The van der Waals surface area contributed by atoms with E-state index in [0.717, 1.165) is 17.3 Å². The number of ether oxygens (including phenoxy) is 1. The minimum absolute atomic E-state index is 0.135. The molecule has 1 heterocycles. The molecule has 8 heteroatoms. The summed E-state index contributed by atoms with van der Waals surface area (Å²) in [5.41, 5.74) is 1.47. The van der Waals surface area contributed by atoms with Crippen LogP contribution in [0.2, 0.25) is 0 Å². The van der Waals surface area contributed by atoms with Gasteiger partial charge in [-0.1, -0.05) is 49.0 Å². The number of thioether (sulfide) groups is 1. The molecule has 1 atom stereocenters. The number of hydrogen-bond acceptors (Lipinski definition) is 6. The van der Waals surface area contributed by atoms with Crippen molar-refractivity contribution in [2.24, 2.45) is 0 Å². The fraction of sp³-hybridized carbons (Fsp3) is 0.238. The van der Waals surface area contributed by atoms with E-state index >= 15 is 0 Å². The average molecular weight is 413 g/mol. The van der Waals surface area contributed by atoms with E-state index in [4.69, 9.17) is 4.74 Å². The van der Waals surface area contributed by atoms with Crippen LogP contribution < -0.4 is 0 Å². The molecule has 3 aromatic rings. The van der Waals surface area contributed by atoms with Gasteiger partial charge in [0.2, 0.25) is 0 Å². The molecule has 0 saturated heterocycles.